The summed E-state index contributed by atoms with van der Waals surface area (Å²) < 4.78 is 0. The molecule has 2 aromatic rings. The number of benzene rings is 2. The van der Waals surface area contributed by atoms with E-state index >= 15 is 0 Å². The maximum absolute atomic E-state index is 13.0. The van der Waals surface area contributed by atoms with E-state index in [0.717, 1.165) is 67.2 Å². The lowest BCUT2D eigenvalue weighted by atomic mass is 9.98. The molecule has 31 heavy (non-hydrogen) atoms. The van der Waals surface area contributed by atoms with Crippen LogP contribution in [0.1, 0.15) is 54.1 Å². The van der Waals surface area contributed by atoms with Crippen molar-refractivity contribution >= 4 is 29.0 Å². The van der Waals surface area contributed by atoms with Crippen molar-refractivity contribution in [2.24, 2.45) is 5.92 Å². The predicted molar refractivity (Wildman–Crippen MR) is 126 cm³/mol. The number of anilines is 3. The van der Waals surface area contributed by atoms with Crippen LogP contribution in [0.25, 0.3) is 0 Å². The van der Waals surface area contributed by atoms with Crippen LogP contribution in [0.3, 0.4) is 0 Å². The minimum atomic E-state index is -0.318. The van der Waals surface area contributed by atoms with E-state index in [2.05, 4.69) is 27.8 Å². The highest BCUT2D eigenvalue weighted by atomic mass is 16.2. The van der Waals surface area contributed by atoms with Crippen LogP contribution >= 0.6 is 0 Å². The number of nitrogens with one attached hydrogen (secondary N) is 3. The quantitative estimate of drug-likeness (QED) is 0.632. The Kier molecular flexibility index (Phi) is 6.16. The Hall–Kier alpha value is -3.02. The molecule has 2 aromatic carbocycles. The molecule has 0 unspecified atom stereocenters. The van der Waals surface area contributed by atoms with Crippen LogP contribution in [0, 0.1) is 19.8 Å². The minimum Gasteiger partial charge on any atom is -0.371 e. The van der Waals surface area contributed by atoms with Crippen LogP contribution in [-0.2, 0) is 0 Å². The number of urea groups is 1. The fourth-order valence-electron chi connectivity index (χ4n) is 3.98. The third kappa shape index (κ3) is 5.19. The summed E-state index contributed by atoms with van der Waals surface area (Å²) in [5, 5.41) is 8.90. The molecule has 0 bridgehead atoms. The lowest BCUT2D eigenvalue weighted by Gasteiger charge is -2.33. The van der Waals surface area contributed by atoms with E-state index in [9.17, 15) is 9.59 Å². The van der Waals surface area contributed by atoms with E-state index in [-0.39, 0.29) is 18.0 Å². The molecule has 164 valence electrons. The van der Waals surface area contributed by atoms with Crippen molar-refractivity contribution in [2.45, 2.75) is 52.5 Å². The molecule has 0 aromatic heterocycles. The second-order valence-electron chi connectivity index (χ2n) is 8.98. The highest BCUT2D eigenvalue weighted by Crippen LogP contribution is 2.30. The first-order chi connectivity index (χ1) is 14.9. The van der Waals surface area contributed by atoms with Crippen LogP contribution in [-0.4, -0.2) is 31.1 Å². The molecule has 2 fully saturated rings. The highest BCUT2D eigenvalue weighted by molar-refractivity contribution is 6.04. The normalized spacial score (nSPS) is 16.7. The summed E-state index contributed by atoms with van der Waals surface area (Å²) in [6.45, 7) is 8.18. The summed E-state index contributed by atoms with van der Waals surface area (Å²) in [5.41, 5.74) is 5.13. The predicted octanol–water partition coefficient (Wildman–Crippen LogP) is 5.08. The van der Waals surface area contributed by atoms with Gasteiger partial charge < -0.3 is 20.9 Å². The van der Waals surface area contributed by atoms with Crippen molar-refractivity contribution < 1.29 is 9.59 Å². The fraction of sp³-hybridized carbons (Fsp3) is 0.440. The average molecular weight is 421 g/mol. The van der Waals surface area contributed by atoms with Crippen molar-refractivity contribution in [1.29, 1.82) is 0 Å². The van der Waals surface area contributed by atoms with E-state index < -0.39 is 0 Å². The average Bonchev–Trinajstić information content (AvgIpc) is 3.56. The first-order valence-corrected chi connectivity index (χ1v) is 11.2. The summed E-state index contributed by atoms with van der Waals surface area (Å²) in [6.07, 6.45) is 4.33. The van der Waals surface area contributed by atoms with Gasteiger partial charge in [0.05, 0.1) is 5.56 Å². The first-order valence-electron chi connectivity index (χ1n) is 11.2. The molecule has 1 aliphatic carbocycles. The molecule has 2 aliphatic rings. The molecular weight excluding hydrogens is 388 g/mol. The van der Waals surface area contributed by atoms with Gasteiger partial charge in [0.25, 0.3) is 5.91 Å². The fourth-order valence-corrected chi connectivity index (χ4v) is 3.98. The summed E-state index contributed by atoms with van der Waals surface area (Å²) >= 11 is 0. The van der Waals surface area contributed by atoms with Crippen molar-refractivity contribution in [3.05, 3.63) is 53.1 Å². The Morgan fingerprint density at radius 1 is 0.968 bits per heavy atom. The number of piperidine rings is 1. The van der Waals surface area contributed by atoms with Gasteiger partial charge in [-0.2, -0.15) is 0 Å². The van der Waals surface area contributed by atoms with E-state index in [0.29, 0.717) is 11.3 Å². The molecule has 3 N–H and O–H groups in total. The van der Waals surface area contributed by atoms with Crippen molar-refractivity contribution in [3.63, 3.8) is 0 Å². The summed E-state index contributed by atoms with van der Waals surface area (Å²) in [4.78, 5) is 27.9. The number of rotatable bonds is 5. The number of amides is 3. The largest absolute Gasteiger partial charge is 0.371 e. The molecule has 1 aliphatic heterocycles. The molecule has 6 nitrogen and oxygen atoms in total. The minimum absolute atomic E-state index is 0.0605. The first kappa shape index (κ1) is 21.2. The van der Waals surface area contributed by atoms with Gasteiger partial charge in [-0.25, -0.2) is 4.79 Å². The maximum atomic E-state index is 13.0. The molecule has 6 heteroatoms. The molecule has 4 rings (SSSR count). The van der Waals surface area contributed by atoms with Crippen LogP contribution in [0.4, 0.5) is 21.9 Å². The van der Waals surface area contributed by atoms with E-state index in [1.165, 1.54) is 0 Å². The number of nitrogens with zero attached hydrogens (tertiary/aromatic N) is 1. The molecular formula is C25H32N4O2. The topological polar surface area (TPSA) is 73.5 Å². The molecule has 1 saturated carbocycles. The van der Waals surface area contributed by atoms with E-state index in [1.54, 1.807) is 6.07 Å². The Bertz CT molecular complexity index is 975. The van der Waals surface area contributed by atoms with Gasteiger partial charge in [-0.1, -0.05) is 19.1 Å². The Labute approximate surface area is 184 Å². The van der Waals surface area contributed by atoms with Crippen LogP contribution < -0.4 is 20.9 Å². The molecule has 0 radical (unpaired) electrons. The van der Waals surface area contributed by atoms with Gasteiger partial charge in [-0.3, -0.25) is 4.79 Å². The zero-order chi connectivity index (χ0) is 22.0. The number of hydrogen-bond donors (Lipinski definition) is 3. The third-order valence-corrected chi connectivity index (χ3v) is 6.39. The molecule has 0 spiro atoms. The number of hydrogen-bond acceptors (Lipinski definition) is 3. The Morgan fingerprint density at radius 2 is 1.71 bits per heavy atom. The highest BCUT2D eigenvalue weighted by Gasteiger charge is 2.27. The van der Waals surface area contributed by atoms with Gasteiger partial charge >= 0.3 is 6.03 Å². The number of carbonyl (C=O) groups excluding carboxylic acids is 2. The zero-order valence-corrected chi connectivity index (χ0v) is 18.6. The van der Waals surface area contributed by atoms with Crippen molar-refractivity contribution in [3.8, 4) is 0 Å². The monoisotopic (exact) mass is 420 g/mol. The molecule has 3 amide bonds. The van der Waals surface area contributed by atoms with Crippen LogP contribution in [0.5, 0.6) is 0 Å². The zero-order valence-electron chi connectivity index (χ0n) is 18.6. The van der Waals surface area contributed by atoms with Gasteiger partial charge in [0.15, 0.2) is 0 Å². The lowest BCUT2D eigenvalue weighted by molar-refractivity contribution is 0.0951. The van der Waals surface area contributed by atoms with Crippen LogP contribution in [0.15, 0.2) is 36.4 Å². The van der Waals surface area contributed by atoms with Gasteiger partial charge in [0, 0.05) is 36.2 Å². The summed E-state index contributed by atoms with van der Waals surface area (Å²) in [7, 11) is 0. The van der Waals surface area contributed by atoms with Gasteiger partial charge in [0.2, 0.25) is 0 Å². The Morgan fingerprint density at radius 3 is 2.42 bits per heavy atom. The van der Waals surface area contributed by atoms with Gasteiger partial charge in [-0.05, 0) is 80.8 Å². The molecule has 0 atom stereocenters. The van der Waals surface area contributed by atoms with Crippen molar-refractivity contribution in [2.75, 3.05) is 28.6 Å². The van der Waals surface area contributed by atoms with Gasteiger partial charge in [0.1, 0.15) is 0 Å². The van der Waals surface area contributed by atoms with Crippen molar-refractivity contribution in [1.82, 2.24) is 5.32 Å². The maximum Gasteiger partial charge on any atom is 0.323 e. The second kappa shape index (κ2) is 9.00. The molecule has 1 saturated heterocycles. The lowest BCUT2D eigenvalue weighted by Crippen LogP contribution is -2.35. The van der Waals surface area contributed by atoms with E-state index in [1.807, 2.05) is 44.2 Å². The third-order valence-electron chi connectivity index (χ3n) is 6.39. The number of carbonyl (C=O) groups is 2. The second-order valence-corrected chi connectivity index (χ2v) is 8.98. The smallest absolute Gasteiger partial charge is 0.323 e. The Balaban J connectivity index is 1.52. The van der Waals surface area contributed by atoms with Gasteiger partial charge in [-0.15, -0.1) is 0 Å². The summed E-state index contributed by atoms with van der Waals surface area (Å²) in [5.74, 6) is 0.657. The molecule has 1 heterocycles. The van der Waals surface area contributed by atoms with Crippen LogP contribution in [0.2, 0.25) is 0 Å². The standard InChI is InChI=1S/C25H32N4O2/c1-16-11-13-29(14-12-16)23-10-9-20(15-21(23)24(30)26-19-7-8-19)27-25(31)28-22-6-4-5-17(2)18(22)3/h4-6,9-10,15-16,19H,7-8,11-14H2,1-3H3,(H,26,30)(H2,27,28,31). The number of aryl methyl sites for hydroxylation is 1. The summed E-state index contributed by atoms with van der Waals surface area (Å²) in [6, 6.07) is 11.4. The SMILES string of the molecule is Cc1cccc(NC(=O)Nc2ccc(N3CCC(C)CC3)c(C(=O)NC3CC3)c2)c1C. The van der Waals surface area contributed by atoms with E-state index in [4.69, 9.17) is 0 Å².